The number of ether oxygens (including phenoxy) is 4. The smallest absolute Gasteiger partial charge is 0.462 e. The number of rotatable bonds is 76. The molecule has 3 N–H and O–H groups in total. The zero-order valence-electron chi connectivity index (χ0n) is 62.7. The Kier molecular flexibility index (Phi) is 67.4. The number of carbonyl (C=O) groups is 4. The molecule has 0 radical (unpaired) electrons. The second-order valence-electron chi connectivity index (χ2n) is 28.5. The van der Waals surface area contributed by atoms with Crippen molar-refractivity contribution >= 4 is 39.5 Å². The predicted octanol–water partition coefficient (Wildman–Crippen LogP) is 22.7. The monoisotopic (exact) mass is 1410 g/mol. The van der Waals surface area contributed by atoms with Gasteiger partial charge in [-0.1, -0.05) is 350 Å². The van der Waals surface area contributed by atoms with Crippen LogP contribution in [-0.2, 0) is 65.4 Å². The number of phosphoric ester groups is 2. The lowest BCUT2D eigenvalue weighted by Crippen LogP contribution is -2.30. The van der Waals surface area contributed by atoms with Crippen molar-refractivity contribution in [2.24, 2.45) is 11.8 Å². The van der Waals surface area contributed by atoms with Gasteiger partial charge in [0.05, 0.1) is 26.4 Å². The van der Waals surface area contributed by atoms with Crippen LogP contribution >= 0.6 is 15.6 Å². The molecule has 0 aromatic rings. The van der Waals surface area contributed by atoms with Crippen LogP contribution in [0.5, 0.6) is 0 Å². The van der Waals surface area contributed by atoms with Gasteiger partial charge in [0.1, 0.15) is 19.3 Å². The van der Waals surface area contributed by atoms with Crippen LogP contribution in [0.4, 0.5) is 0 Å². The molecular weight excluding hydrogens is 1260 g/mol. The van der Waals surface area contributed by atoms with Crippen LogP contribution in [0.2, 0.25) is 0 Å². The largest absolute Gasteiger partial charge is 0.472 e. The van der Waals surface area contributed by atoms with Gasteiger partial charge in [0, 0.05) is 25.7 Å². The first kappa shape index (κ1) is 94.1. The molecule has 0 aromatic carbocycles. The summed E-state index contributed by atoms with van der Waals surface area (Å²) in [6.45, 7) is 9.61. The van der Waals surface area contributed by atoms with Crippen molar-refractivity contribution in [3.05, 3.63) is 0 Å². The van der Waals surface area contributed by atoms with E-state index in [9.17, 15) is 43.2 Å². The molecule has 0 spiro atoms. The van der Waals surface area contributed by atoms with Crippen LogP contribution in [0.1, 0.15) is 401 Å². The fourth-order valence-electron chi connectivity index (χ4n) is 11.8. The van der Waals surface area contributed by atoms with Crippen molar-refractivity contribution < 1.29 is 80.2 Å². The zero-order valence-corrected chi connectivity index (χ0v) is 64.5. The van der Waals surface area contributed by atoms with Gasteiger partial charge in [0.15, 0.2) is 12.2 Å². The van der Waals surface area contributed by atoms with Crippen molar-refractivity contribution in [3.8, 4) is 0 Å². The molecule has 0 heterocycles. The molecule has 0 aliphatic heterocycles. The van der Waals surface area contributed by atoms with Crippen molar-refractivity contribution in [3.63, 3.8) is 0 Å². The quantitative estimate of drug-likeness (QED) is 0.0222. The highest BCUT2D eigenvalue weighted by molar-refractivity contribution is 7.47. The summed E-state index contributed by atoms with van der Waals surface area (Å²) in [5, 5.41) is 10.6. The van der Waals surface area contributed by atoms with Gasteiger partial charge in [-0.25, -0.2) is 9.13 Å². The van der Waals surface area contributed by atoms with Crippen LogP contribution in [0.3, 0.4) is 0 Å². The van der Waals surface area contributed by atoms with Gasteiger partial charge < -0.3 is 33.8 Å². The Morgan fingerprint density at radius 2 is 0.531 bits per heavy atom. The predicted molar refractivity (Wildman–Crippen MR) is 391 cm³/mol. The topological polar surface area (TPSA) is 237 Å². The normalized spacial score (nSPS) is 14.3. The SMILES string of the molecule is CCCCCCCCCCCCCCCCCCCCC(=O)OC[C@H](COP(=O)(O)OC[C@@H](O)COP(=O)(O)OC[C@@H](COC(=O)CCCCCCCCC)OC(=O)CCCCCCCCCCCCC(C)C)OC(=O)CCCCCCCCCCCCCCCCC(C)CC. The molecule has 6 atom stereocenters. The van der Waals surface area contributed by atoms with Crippen LogP contribution in [0.15, 0.2) is 0 Å². The lowest BCUT2D eigenvalue weighted by Gasteiger charge is -2.21. The van der Waals surface area contributed by atoms with Gasteiger partial charge in [0.2, 0.25) is 0 Å². The summed E-state index contributed by atoms with van der Waals surface area (Å²) in [5.41, 5.74) is 0. The molecule has 0 aliphatic carbocycles. The standard InChI is InChI=1S/C77H150O17P2/c1-7-10-12-14-16-17-18-19-20-21-22-23-27-30-36-42-48-54-60-75(80)88-66-73(94-76(81)61-55-49-43-37-31-28-25-24-26-29-35-41-46-52-58-70(6)9-3)68-92-96(85,86)90-64-71(78)63-89-95(83,84)91-67-72(65-87-74(79)59-53-47-39-15-13-11-8-2)93-77(82)62-56-50-44-38-33-32-34-40-45-51-57-69(4)5/h69-73,78H,7-68H2,1-6H3,(H,83,84)(H,85,86)/t70?,71-,72+,73+/m0/s1. The summed E-state index contributed by atoms with van der Waals surface area (Å²) >= 11 is 0. The van der Waals surface area contributed by atoms with E-state index < -0.39 is 97.5 Å². The Bertz CT molecular complexity index is 1860. The van der Waals surface area contributed by atoms with Crippen molar-refractivity contribution in [2.75, 3.05) is 39.6 Å². The average Bonchev–Trinajstić information content (AvgIpc) is 1.38. The summed E-state index contributed by atoms with van der Waals surface area (Å²) in [6.07, 6.45) is 57.0. The summed E-state index contributed by atoms with van der Waals surface area (Å²) in [4.78, 5) is 72.7. The van der Waals surface area contributed by atoms with Crippen molar-refractivity contribution in [2.45, 2.75) is 419 Å². The van der Waals surface area contributed by atoms with Gasteiger partial charge in [-0.2, -0.15) is 0 Å². The molecule has 0 fully saturated rings. The van der Waals surface area contributed by atoms with Gasteiger partial charge in [-0.15, -0.1) is 0 Å². The van der Waals surface area contributed by atoms with Gasteiger partial charge in [-0.05, 0) is 37.5 Å². The Morgan fingerprint density at radius 1 is 0.302 bits per heavy atom. The first-order chi connectivity index (χ1) is 46.4. The van der Waals surface area contributed by atoms with E-state index in [-0.39, 0.29) is 25.7 Å². The maximum atomic E-state index is 13.1. The van der Waals surface area contributed by atoms with Crippen LogP contribution < -0.4 is 0 Å². The molecule has 3 unspecified atom stereocenters. The fraction of sp³-hybridized carbons (Fsp3) is 0.948. The highest BCUT2D eigenvalue weighted by Gasteiger charge is 2.30. The molecule has 96 heavy (non-hydrogen) atoms. The lowest BCUT2D eigenvalue weighted by atomic mass is 9.99. The van der Waals surface area contributed by atoms with E-state index in [4.69, 9.17) is 37.0 Å². The van der Waals surface area contributed by atoms with Gasteiger partial charge in [-0.3, -0.25) is 37.3 Å². The number of hydrogen-bond acceptors (Lipinski definition) is 15. The van der Waals surface area contributed by atoms with Gasteiger partial charge >= 0.3 is 39.5 Å². The lowest BCUT2D eigenvalue weighted by molar-refractivity contribution is -0.161. The Labute approximate surface area is 588 Å². The molecule has 0 bridgehead atoms. The van der Waals surface area contributed by atoms with E-state index in [1.807, 2.05) is 0 Å². The Balaban J connectivity index is 5.19. The van der Waals surface area contributed by atoms with E-state index >= 15 is 0 Å². The third-order valence-electron chi connectivity index (χ3n) is 18.3. The van der Waals surface area contributed by atoms with Gasteiger partial charge in [0.25, 0.3) is 0 Å². The first-order valence-electron chi connectivity index (χ1n) is 40.0. The van der Waals surface area contributed by atoms with Crippen molar-refractivity contribution in [1.82, 2.24) is 0 Å². The molecular formula is C77H150O17P2. The van der Waals surface area contributed by atoms with E-state index in [0.717, 1.165) is 115 Å². The van der Waals surface area contributed by atoms with E-state index in [2.05, 4.69) is 41.5 Å². The fourth-order valence-corrected chi connectivity index (χ4v) is 13.4. The maximum absolute atomic E-state index is 13.1. The molecule has 0 amide bonds. The number of phosphoric acid groups is 2. The highest BCUT2D eigenvalue weighted by atomic mass is 31.2. The van der Waals surface area contributed by atoms with Crippen LogP contribution in [0, 0.1) is 11.8 Å². The number of hydrogen-bond donors (Lipinski definition) is 3. The van der Waals surface area contributed by atoms with Crippen LogP contribution in [0.25, 0.3) is 0 Å². The number of esters is 4. The Hall–Kier alpha value is -1.94. The minimum atomic E-state index is -4.96. The molecule has 0 rings (SSSR count). The second-order valence-corrected chi connectivity index (χ2v) is 31.4. The molecule has 0 saturated carbocycles. The first-order valence-corrected chi connectivity index (χ1v) is 43.0. The van der Waals surface area contributed by atoms with Crippen LogP contribution in [-0.4, -0.2) is 96.7 Å². The van der Waals surface area contributed by atoms with E-state index in [1.165, 1.54) is 205 Å². The highest BCUT2D eigenvalue weighted by Crippen LogP contribution is 2.45. The molecule has 0 aromatic heterocycles. The summed E-state index contributed by atoms with van der Waals surface area (Å²) in [7, 11) is -9.91. The van der Waals surface area contributed by atoms with Crippen molar-refractivity contribution in [1.29, 1.82) is 0 Å². The number of aliphatic hydroxyl groups is 1. The minimum Gasteiger partial charge on any atom is -0.462 e. The average molecular weight is 1410 g/mol. The summed E-state index contributed by atoms with van der Waals surface area (Å²) in [6, 6.07) is 0. The molecule has 19 heteroatoms. The molecule has 17 nitrogen and oxygen atoms in total. The third kappa shape index (κ3) is 69.2. The molecule has 0 aliphatic rings. The maximum Gasteiger partial charge on any atom is 0.472 e. The summed E-state index contributed by atoms with van der Waals surface area (Å²) in [5.74, 6) is -0.521. The Morgan fingerprint density at radius 3 is 0.792 bits per heavy atom. The number of carbonyl (C=O) groups excluding carboxylic acids is 4. The van der Waals surface area contributed by atoms with E-state index in [0.29, 0.717) is 25.7 Å². The van der Waals surface area contributed by atoms with E-state index in [1.54, 1.807) is 0 Å². The molecule has 0 saturated heterocycles. The summed E-state index contributed by atoms with van der Waals surface area (Å²) < 4.78 is 68.5. The number of aliphatic hydroxyl groups excluding tert-OH is 1. The third-order valence-corrected chi connectivity index (χ3v) is 20.2. The second kappa shape index (κ2) is 68.8. The number of unbranched alkanes of at least 4 members (excludes halogenated alkanes) is 45. The molecule has 570 valence electrons. The zero-order chi connectivity index (χ0) is 70.7. The minimum absolute atomic E-state index is 0.106.